The van der Waals surface area contributed by atoms with E-state index < -0.39 is 0 Å². The van der Waals surface area contributed by atoms with Crippen LogP contribution >= 0.6 is 23.2 Å². The summed E-state index contributed by atoms with van der Waals surface area (Å²) in [5.74, 6) is 0.126. The van der Waals surface area contributed by atoms with Crippen LogP contribution in [-0.4, -0.2) is 73.3 Å². The second-order valence-electron chi connectivity index (χ2n) is 7.42. The molecule has 1 fully saturated rings. The van der Waals surface area contributed by atoms with Crippen molar-refractivity contribution in [2.24, 2.45) is 0 Å². The summed E-state index contributed by atoms with van der Waals surface area (Å²) >= 11 is 12.1. The molecule has 0 bridgehead atoms. The quantitative estimate of drug-likeness (QED) is 0.645. The Balaban J connectivity index is 1.40. The first-order valence-electron chi connectivity index (χ1n) is 9.78. The van der Waals surface area contributed by atoms with Gasteiger partial charge in [0.25, 0.3) is 5.91 Å². The van der Waals surface area contributed by atoms with Gasteiger partial charge in [0.05, 0.1) is 29.3 Å². The lowest BCUT2D eigenvalue weighted by Gasteiger charge is -2.33. The molecule has 1 aliphatic rings. The number of aromatic nitrogens is 1. The topological polar surface area (TPSA) is 99.9 Å². The Kier molecular flexibility index (Phi) is 8.14. The van der Waals surface area contributed by atoms with Crippen LogP contribution in [0.1, 0.15) is 21.8 Å². The van der Waals surface area contributed by atoms with Crippen molar-refractivity contribution in [1.29, 1.82) is 0 Å². The van der Waals surface area contributed by atoms with Gasteiger partial charge in [0.1, 0.15) is 0 Å². The van der Waals surface area contributed by atoms with Crippen molar-refractivity contribution in [1.82, 2.24) is 25.6 Å². The van der Waals surface area contributed by atoms with Crippen molar-refractivity contribution in [3.63, 3.8) is 0 Å². The van der Waals surface area contributed by atoms with Gasteiger partial charge in [-0.25, -0.2) is 4.79 Å². The molecule has 1 aliphatic heterocycles. The third kappa shape index (κ3) is 6.83. The zero-order chi connectivity index (χ0) is 22.4. The van der Waals surface area contributed by atoms with E-state index in [-0.39, 0.29) is 30.3 Å². The molecule has 2 N–H and O–H groups in total. The first-order valence-corrected chi connectivity index (χ1v) is 10.5. The van der Waals surface area contributed by atoms with Crippen LogP contribution in [0, 0.1) is 0 Å². The largest absolute Gasteiger partial charge is 0.374 e. The molecule has 1 aromatic heterocycles. The predicted octanol–water partition coefficient (Wildman–Crippen LogP) is 2.38. The number of morpholine rings is 1. The first kappa shape index (κ1) is 23.3. The minimum absolute atomic E-state index is 0.120. The Morgan fingerprint density at radius 1 is 1.23 bits per heavy atom. The summed E-state index contributed by atoms with van der Waals surface area (Å²) in [5, 5.41) is 10.2. The number of ether oxygens (including phenoxy) is 1. The lowest BCUT2D eigenvalue weighted by molar-refractivity contribution is -0.0287. The van der Waals surface area contributed by atoms with Gasteiger partial charge >= 0.3 is 6.03 Å². The average molecular weight is 470 g/mol. The van der Waals surface area contributed by atoms with Crippen molar-refractivity contribution in [2.75, 3.05) is 40.3 Å². The van der Waals surface area contributed by atoms with E-state index in [1.54, 1.807) is 20.2 Å². The van der Waals surface area contributed by atoms with E-state index in [1.165, 1.54) is 11.0 Å². The van der Waals surface area contributed by atoms with Gasteiger partial charge < -0.3 is 24.8 Å². The number of nitrogens with one attached hydrogen (secondary N) is 2. The number of halogens is 2. The number of urea groups is 1. The number of hydrogen-bond acceptors (Lipinski definition) is 6. The lowest BCUT2D eigenvalue weighted by Crippen LogP contribution is -2.48. The molecule has 168 valence electrons. The number of nitrogens with zero attached hydrogens (tertiary/aromatic N) is 3. The summed E-state index contributed by atoms with van der Waals surface area (Å²) in [7, 11) is 3.25. The highest BCUT2D eigenvalue weighted by Gasteiger charge is 2.21. The smallest absolute Gasteiger partial charge is 0.315 e. The minimum Gasteiger partial charge on any atom is -0.374 e. The van der Waals surface area contributed by atoms with Gasteiger partial charge in [-0.1, -0.05) is 34.4 Å². The second kappa shape index (κ2) is 10.8. The zero-order valence-electron chi connectivity index (χ0n) is 17.4. The van der Waals surface area contributed by atoms with E-state index in [1.807, 2.05) is 12.1 Å². The maximum absolute atomic E-state index is 12.1. The number of carbonyl (C=O) groups is 2. The minimum atomic E-state index is -0.359. The third-order valence-electron chi connectivity index (χ3n) is 4.71. The van der Waals surface area contributed by atoms with Crippen molar-refractivity contribution in [2.45, 2.75) is 19.2 Å². The normalized spacial score (nSPS) is 16.7. The Morgan fingerprint density at radius 2 is 2.03 bits per heavy atom. The van der Waals surface area contributed by atoms with Crippen LogP contribution in [0.15, 0.2) is 28.8 Å². The highest BCUT2D eigenvalue weighted by Crippen LogP contribution is 2.23. The Hall–Kier alpha value is -2.33. The molecule has 0 spiro atoms. The molecule has 31 heavy (non-hydrogen) atoms. The molecule has 0 aliphatic carbocycles. The summed E-state index contributed by atoms with van der Waals surface area (Å²) in [4.78, 5) is 27.6. The summed E-state index contributed by atoms with van der Waals surface area (Å²) < 4.78 is 10.8. The Bertz CT molecular complexity index is 921. The molecule has 3 rings (SSSR count). The Labute approximate surface area is 190 Å². The molecule has 0 unspecified atom stereocenters. The fraction of sp³-hybridized carbons (Fsp3) is 0.450. The highest BCUT2D eigenvalue weighted by atomic mass is 35.5. The standard InChI is InChI=1S/C20H25Cl2N5O4/c1-26(2)19(28)18-8-14(31-25-18)9-23-20(29)24-10-15-12-27(5-6-30-15)11-13-3-4-16(21)17(22)7-13/h3-4,7-8,15H,5-6,9-12H2,1-2H3,(H2,23,24,29)/t15-/m0/s1. The molecule has 1 aromatic carbocycles. The van der Waals surface area contributed by atoms with E-state index in [0.717, 1.165) is 18.7 Å². The molecule has 0 radical (unpaired) electrons. The van der Waals surface area contributed by atoms with Crippen molar-refractivity contribution < 1.29 is 18.8 Å². The maximum Gasteiger partial charge on any atom is 0.315 e. The van der Waals surface area contributed by atoms with Crippen LogP contribution in [0.25, 0.3) is 0 Å². The van der Waals surface area contributed by atoms with Gasteiger partial charge in [0.15, 0.2) is 11.5 Å². The number of amides is 3. The SMILES string of the molecule is CN(C)C(=O)c1cc(CNC(=O)NC[C@H]2CN(Cc3ccc(Cl)c(Cl)c3)CCO2)on1. The molecule has 2 aromatic rings. The number of carbonyl (C=O) groups excluding carboxylic acids is 2. The van der Waals surface area contributed by atoms with E-state index >= 15 is 0 Å². The van der Waals surface area contributed by atoms with Crippen LogP contribution in [0.5, 0.6) is 0 Å². The fourth-order valence-corrected chi connectivity index (χ4v) is 3.43. The van der Waals surface area contributed by atoms with Gasteiger partial charge in [-0.05, 0) is 17.7 Å². The highest BCUT2D eigenvalue weighted by molar-refractivity contribution is 6.42. The van der Waals surface area contributed by atoms with Crippen molar-refractivity contribution in [3.8, 4) is 0 Å². The molecule has 11 heteroatoms. The second-order valence-corrected chi connectivity index (χ2v) is 8.23. The molecule has 3 amide bonds. The van der Waals surface area contributed by atoms with Gasteiger partial charge in [-0.2, -0.15) is 0 Å². The Morgan fingerprint density at radius 3 is 2.77 bits per heavy atom. The average Bonchev–Trinajstić information content (AvgIpc) is 3.22. The van der Waals surface area contributed by atoms with Crippen LogP contribution in [0.3, 0.4) is 0 Å². The number of rotatable bonds is 7. The molecule has 1 saturated heterocycles. The van der Waals surface area contributed by atoms with Gasteiger partial charge in [0, 0.05) is 46.3 Å². The number of hydrogen-bond donors (Lipinski definition) is 2. The van der Waals surface area contributed by atoms with Crippen molar-refractivity contribution >= 4 is 35.1 Å². The van der Waals surface area contributed by atoms with E-state index in [2.05, 4.69) is 20.7 Å². The third-order valence-corrected chi connectivity index (χ3v) is 5.45. The van der Waals surface area contributed by atoms with Crippen LogP contribution in [-0.2, 0) is 17.8 Å². The lowest BCUT2D eigenvalue weighted by atomic mass is 10.2. The summed E-state index contributed by atoms with van der Waals surface area (Å²) in [5.41, 5.74) is 1.26. The molecular weight excluding hydrogens is 445 g/mol. The van der Waals surface area contributed by atoms with E-state index in [0.29, 0.717) is 35.5 Å². The number of benzene rings is 1. The van der Waals surface area contributed by atoms with Crippen LogP contribution in [0.2, 0.25) is 10.0 Å². The monoisotopic (exact) mass is 469 g/mol. The molecule has 1 atom stereocenters. The summed E-state index contributed by atoms with van der Waals surface area (Å²) in [6.45, 7) is 3.26. The van der Waals surface area contributed by atoms with Crippen LogP contribution < -0.4 is 10.6 Å². The molecular formula is C20H25Cl2N5O4. The zero-order valence-corrected chi connectivity index (χ0v) is 18.9. The van der Waals surface area contributed by atoms with E-state index in [4.69, 9.17) is 32.5 Å². The van der Waals surface area contributed by atoms with Crippen LogP contribution in [0.4, 0.5) is 4.79 Å². The predicted molar refractivity (Wildman–Crippen MR) is 116 cm³/mol. The molecule has 9 nitrogen and oxygen atoms in total. The van der Waals surface area contributed by atoms with Gasteiger partial charge in [-0.3, -0.25) is 9.69 Å². The summed E-state index contributed by atoms with van der Waals surface area (Å²) in [6.07, 6.45) is -0.128. The summed E-state index contributed by atoms with van der Waals surface area (Å²) in [6, 6.07) is 6.75. The molecule has 0 saturated carbocycles. The fourth-order valence-electron chi connectivity index (χ4n) is 3.11. The van der Waals surface area contributed by atoms with Gasteiger partial charge in [0.2, 0.25) is 0 Å². The van der Waals surface area contributed by atoms with Crippen molar-refractivity contribution in [3.05, 3.63) is 51.3 Å². The van der Waals surface area contributed by atoms with E-state index in [9.17, 15) is 9.59 Å². The van der Waals surface area contributed by atoms with Gasteiger partial charge in [-0.15, -0.1) is 0 Å². The first-order chi connectivity index (χ1) is 14.8. The molecule has 2 heterocycles. The maximum atomic E-state index is 12.1.